The zero-order valence-corrected chi connectivity index (χ0v) is 18.8. The van der Waals surface area contributed by atoms with E-state index in [1.54, 1.807) is 19.3 Å². The molecular formula is C23H19F2N5O5. The number of fused-ring (bicyclic) bond motifs is 1. The topological polar surface area (TPSA) is 121 Å². The molecule has 0 aliphatic rings. The Hall–Kier alpha value is -4.74. The molecule has 2 N–H and O–H groups in total. The van der Waals surface area contributed by atoms with E-state index in [9.17, 15) is 18.4 Å². The Morgan fingerprint density at radius 2 is 1.83 bits per heavy atom. The van der Waals surface area contributed by atoms with Gasteiger partial charge < -0.3 is 24.5 Å². The molecule has 3 heterocycles. The fraction of sp³-hybridized carbons (Fsp3) is 0.130. The summed E-state index contributed by atoms with van der Waals surface area (Å²) in [5.74, 6) is -4.23. The van der Waals surface area contributed by atoms with Crippen LogP contribution in [-0.2, 0) is 11.8 Å². The predicted molar refractivity (Wildman–Crippen MR) is 122 cm³/mol. The van der Waals surface area contributed by atoms with Crippen LogP contribution in [0.1, 0.15) is 16.1 Å². The van der Waals surface area contributed by atoms with Crippen LogP contribution in [-0.4, -0.2) is 40.7 Å². The van der Waals surface area contributed by atoms with Gasteiger partial charge in [0.2, 0.25) is 11.7 Å². The average molecular weight is 483 g/mol. The number of carbonyl (C=O) groups excluding carboxylic acids is 2. The van der Waals surface area contributed by atoms with Crippen molar-refractivity contribution < 1.29 is 32.3 Å². The molecule has 0 fully saturated rings. The second-order valence-corrected chi connectivity index (χ2v) is 7.21. The molecule has 4 rings (SSSR count). The molecule has 1 amide bonds. The number of nitrogens with one attached hydrogen (secondary N) is 2. The van der Waals surface area contributed by atoms with Gasteiger partial charge >= 0.3 is 0 Å². The van der Waals surface area contributed by atoms with Gasteiger partial charge in [0, 0.05) is 18.5 Å². The lowest BCUT2D eigenvalue weighted by Crippen LogP contribution is -2.09. The number of aromatic nitrogens is 3. The highest BCUT2D eigenvalue weighted by molar-refractivity contribution is 6.10. The minimum Gasteiger partial charge on any atom is -0.494 e. The van der Waals surface area contributed by atoms with E-state index in [4.69, 9.17) is 13.9 Å². The predicted octanol–water partition coefficient (Wildman–Crippen LogP) is 3.96. The number of methoxy groups -OCH3 is 2. The van der Waals surface area contributed by atoms with Crippen molar-refractivity contribution in [1.29, 1.82) is 0 Å². The summed E-state index contributed by atoms with van der Waals surface area (Å²) < 4.78 is 46.3. The number of nitrogens with zero attached hydrogens (tertiary/aromatic N) is 3. The fourth-order valence-corrected chi connectivity index (χ4v) is 3.31. The van der Waals surface area contributed by atoms with Crippen LogP contribution < -0.4 is 20.1 Å². The van der Waals surface area contributed by atoms with Crippen molar-refractivity contribution in [3.8, 4) is 11.5 Å². The molecule has 3 aromatic heterocycles. The quantitative estimate of drug-likeness (QED) is 0.286. The Labute approximate surface area is 197 Å². The fourth-order valence-electron chi connectivity index (χ4n) is 3.31. The summed E-state index contributed by atoms with van der Waals surface area (Å²) >= 11 is 0. The van der Waals surface area contributed by atoms with Crippen LogP contribution in [0.4, 0.5) is 26.1 Å². The lowest BCUT2D eigenvalue weighted by atomic mass is 10.1. The van der Waals surface area contributed by atoms with Gasteiger partial charge in [0.05, 0.1) is 26.6 Å². The monoisotopic (exact) mass is 483 g/mol. The number of pyridine rings is 1. The third-order valence-corrected chi connectivity index (χ3v) is 4.95. The van der Waals surface area contributed by atoms with E-state index in [0.29, 0.717) is 22.7 Å². The number of halogens is 2. The average Bonchev–Trinajstić information content (AvgIpc) is 3.41. The number of rotatable bonds is 8. The van der Waals surface area contributed by atoms with Crippen molar-refractivity contribution in [2.24, 2.45) is 7.05 Å². The van der Waals surface area contributed by atoms with Crippen molar-refractivity contribution in [2.75, 3.05) is 24.9 Å². The minimum atomic E-state index is -1.18. The Morgan fingerprint density at radius 3 is 2.46 bits per heavy atom. The molecule has 1 aromatic carbocycles. The highest BCUT2D eigenvalue weighted by Crippen LogP contribution is 2.34. The third-order valence-electron chi connectivity index (χ3n) is 4.95. The Bertz CT molecular complexity index is 1450. The maximum atomic E-state index is 14.8. The van der Waals surface area contributed by atoms with Gasteiger partial charge in [0.1, 0.15) is 17.1 Å². The maximum Gasteiger partial charge on any atom is 0.247 e. The van der Waals surface area contributed by atoms with Crippen molar-refractivity contribution in [3.05, 3.63) is 66.2 Å². The third kappa shape index (κ3) is 4.40. The van der Waals surface area contributed by atoms with E-state index in [1.807, 2.05) is 0 Å². The Kier molecular flexibility index (Phi) is 6.19. The summed E-state index contributed by atoms with van der Waals surface area (Å²) in [6, 6.07) is 3.88. The van der Waals surface area contributed by atoms with Gasteiger partial charge in [-0.2, -0.15) is 5.10 Å². The summed E-state index contributed by atoms with van der Waals surface area (Å²) in [6.45, 7) is 3.41. The van der Waals surface area contributed by atoms with Gasteiger partial charge in [-0.25, -0.2) is 13.8 Å². The molecule has 0 spiro atoms. The van der Waals surface area contributed by atoms with Gasteiger partial charge in [-0.15, -0.1) is 0 Å². The SMILES string of the molecule is C=CC(=O)Nc1cn(C)nc1Nc1cc2cc(C(=O)c3c(F)c(OC)cc(OC)c3F)oc2cn1. The molecule has 0 bridgehead atoms. The maximum absolute atomic E-state index is 14.8. The highest BCUT2D eigenvalue weighted by Gasteiger charge is 2.28. The number of hydrogen-bond acceptors (Lipinski definition) is 8. The second-order valence-electron chi connectivity index (χ2n) is 7.21. The standard InChI is InChI=1S/C23H19F2N5O5/c1-5-18(31)27-12-10-30(2)29-23(12)28-17-7-11-6-15(35-16(11)9-26-17)22(32)19-20(24)13(33-3)8-14(34-4)21(19)25/h5-10H,1H2,2-4H3,(H,27,31)(H,26,28,29). The number of ketones is 1. The number of amides is 1. The molecule has 35 heavy (non-hydrogen) atoms. The van der Waals surface area contributed by atoms with E-state index in [1.165, 1.54) is 31.2 Å². The molecule has 0 saturated carbocycles. The van der Waals surface area contributed by atoms with Crippen LogP contribution >= 0.6 is 0 Å². The van der Waals surface area contributed by atoms with Gasteiger partial charge in [-0.3, -0.25) is 14.3 Å². The first-order chi connectivity index (χ1) is 16.7. The first-order valence-electron chi connectivity index (χ1n) is 10.0. The normalized spacial score (nSPS) is 10.8. The summed E-state index contributed by atoms with van der Waals surface area (Å²) in [6.07, 6.45) is 4.04. The summed E-state index contributed by atoms with van der Waals surface area (Å²) in [5, 5.41) is 10.2. The molecule has 0 saturated heterocycles. The first-order valence-corrected chi connectivity index (χ1v) is 10.0. The number of aryl methyl sites for hydroxylation is 1. The van der Waals surface area contributed by atoms with Crippen LogP contribution in [0.25, 0.3) is 11.0 Å². The number of ether oxygens (including phenoxy) is 2. The highest BCUT2D eigenvalue weighted by atomic mass is 19.1. The molecule has 180 valence electrons. The van der Waals surface area contributed by atoms with Gasteiger partial charge in [-0.1, -0.05) is 6.58 Å². The summed E-state index contributed by atoms with van der Waals surface area (Å²) in [5.41, 5.74) is -0.279. The summed E-state index contributed by atoms with van der Waals surface area (Å²) in [4.78, 5) is 28.8. The van der Waals surface area contributed by atoms with Crippen LogP contribution in [0.2, 0.25) is 0 Å². The zero-order valence-electron chi connectivity index (χ0n) is 18.8. The number of hydrogen-bond donors (Lipinski definition) is 2. The van der Waals surface area contributed by atoms with E-state index in [2.05, 4.69) is 27.3 Å². The number of benzene rings is 1. The number of carbonyl (C=O) groups is 2. The van der Waals surface area contributed by atoms with Crippen LogP contribution in [0, 0.1) is 11.6 Å². The van der Waals surface area contributed by atoms with E-state index in [0.717, 1.165) is 12.1 Å². The van der Waals surface area contributed by atoms with Gasteiger partial charge in [0.25, 0.3) is 0 Å². The minimum absolute atomic E-state index is 0.204. The Morgan fingerprint density at radius 1 is 1.14 bits per heavy atom. The van der Waals surface area contributed by atoms with Gasteiger partial charge in [0.15, 0.2) is 40.3 Å². The van der Waals surface area contributed by atoms with Crippen molar-refractivity contribution >= 4 is 40.0 Å². The van der Waals surface area contributed by atoms with Crippen LogP contribution in [0.3, 0.4) is 0 Å². The van der Waals surface area contributed by atoms with Crippen molar-refractivity contribution in [2.45, 2.75) is 0 Å². The number of anilines is 3. The molecule has 4 aromatic rings. The molecule has 0 atom stereocenters. The lowest BCUT2D eigenvalue weighted by Gasteiger charge is -2.10. The van der Waals surface area contributed by atoms with Crippen molar-refractivity contribution in [1.82, 2.24) is 14.8 Å². The van der Waals surface area contributed by atoms with E-state index >= 15 is 0 Å². The van der Waals surface area contributed by atoms with Crippen molar-refractivity contribution in [3.63, 3.8) is 0 Å². The lowest BCUT2D eigenvalue weighted by molar-refractivity contribution is -0.111. The molecule has 12 heteroatoms. The smallest absolute Gasteiger partial charge is 0.247 e. The zero-order chi connectivity index (χ0) is 25.3. The van der Waals surface area contributed by atoms with Crippen LogP contribution in [0.5, 0.6) is 11.5 Å². The Balaban J connectivity index is 1.68. The van der Waals surface area contributed by atoms with Gasteiger partial charge in [-0.05, 0) is 18.2 Å². The van der Waals surface area contributed by atoms with Crippen LogP contribution in [0.15, 0.2) is 47.7 Å². The molecule has 0 radical (unpaired) electrons. The molecule has 10 nitrogen and oxygen atoms in total. The molecule has 0 aliphatic carbocycles. The first kappa shape index (κ1) is 23.4. The molecule has 0 unspecified atom stereocenters. The largest absolute Gasteiger partial charge is 0.494 e. The number of furan rings is 1. The van der Waals surface area contributed by atoms with E-state index < -0.39 is 28.9 Å². The van der Waals surface area contributed by atoms with E-state index in [-0.39, 0.29) is 22.8 Å². The second kappa shape index (κ2) is 9.25. The summed E-state index contributed by atoms with van der Waals surface area (Å²) in [7, 11) is 4.04. The molecular weight excluding hydrogens is 464 g/mol. The molecule has 0 aliphatic heterocycles.